The summed E-state index contributed by atoms with van der Waals surface area (Å²) >= 11 is 1.42. The number of fused-ring (bicyclic) bond motifs is 1. The van der Waals surface area contributed by atoms with E-state index in [1.54, 1.807) is 25.3 Å². The Balaban J connectivity index is 1.94. The van der Waals surface area contributed by atoms with Crippen molar-refractivity contribution >= 4 is 21.6 Å². The standard InChI is InChI=1S/C20H16FN3O2S/c1-12-22-18-19(27-12)17(13-7-5-8-15(10-13)26-2)23-24(20(18)25)11-14-6-3-4-9-16(14)21/h3-10H,11H2,1-2H3. The smallest absolute Gasteiger partial charge is 0.294 e. The SMILES string of the molecule is COc1cccc(-c2nn(Cc3ccccc3F)c(=O)c3nc(C)sc23)c1. The average molecular weight is 381 g/mol. The molecule has 4 aromatic rings. The van der Waals surface area contributed by atoms with Gasteiger partial charge in [0.05, 0.1) is 23.4 Å². The van der Waals surface area contributed by atoms with E-state index in [-0.39, 0.29) is 17.9 Å². The summed E-state index contributed by atoms with van der Waals surface area (Å²) in [7, 11) is 1.60. The molecule has 4 rings (SSSR count). The number of aryl methyl sites for hydroxylation is 1. The van der Waals surface area contributed by atoms with Gasteiger partial charge in [0, 0.05) is 11.1 Å². The Morgan fingerprint density at radius 3 is 2.78 bits per heavy atom. The summed E-state index contributed by atoms with van der Waals surface area (Å²) in [4.78, 5) is 17.2. The maximum Gasteiger partial charge on any atom is 0.294 e. The summed E-state index contributed by atoms with van der Waals surface area (Å²) in [6.07, 6.45) is 0. The average Bonchev–Trinajstić information content (AvgIpc) is 3.07. The molecule has 0 fully saturated rings. The predicted molar refractivity (Wildman–Crippen MR) is 104 cm³/mol. The molecule has 0 aliphatic rings. The van der Waals surface area contributed by atoms with Gasteiger partial charge < -0.3 is 4.74 Å². The van der Waals surface area contributed by atoms with Crippen LogP contribution in [0.3, 0.4) is 0 Å². The Kier molecular flexibility index (Phi) is 4.45. The van der Waals surface area contributed by atoms with E-state index in [2.05, 4.69) is 10.1 Å². The van der Waals surface area contributed by atoms with E-state index in [0.29, 0.717) is 22.5 Å². The molecule has 2 heterocycles. The molecule has 0 spiro atoms. The number of thiazole rings is 1. The minimum Gasteiger partial charge on any atom is -0.497 e. The third-order valence-corrected chi connectivity index (χ3v) is 5.21. The van der Waals surface area contributed by atoms with Crippen molar-refractivity contribution in [3.8, 4) is 17.0 Å². The zero-order valence-electron chi connectivity index (χ0n) is 14.8. The molecule has 0 unspecified atom stereocenters. The van der Waals surface area contributed by atoms with E-state index in [0.717, 1.165) is 15.3 Å². The molecule has 0 atom stereocenters. The first-order valence-corrected chi connectivity index (χ1v) is 9.14. The molecular weight excluding hydrogens is 365 g/mol. The van der Waals surface area contributed by atoms with Crippen LogP contribution in [0.4, 0.5) is 4.39 Å². The lowest BCUT2D eigenvalue weighted by Gasteiger charge is -2.10. The van der Waals surface area contributed by atoms with Crippen molar-refractivity contribution < 1.29 is 9.13 Å². The third-order valence-electron chi connectivity index (χ3n) is 4.23. The van der Waals surface area contributed by atoms with Crippen molar-refractivity contribution in [2.24, 2.45) is 0 Å². The summed E-state index contributed by atoms with van der Waals surface area (Å²) in [5.41, 5.74) is 1.86. The first kappa shape index (κ1) is 17.4. The molecule has 0 saturated carbocycles. The highest BCUT2D eigenvalue weighted by atomic mass is 32.1. The predicted octanol–water partition coefficient (Wildman–Crippen LogP) is 4.02. The topological polar surface area (TPSA) is 57.0 Å². The number of hydrogen-bond donors (Lipinski definition) is 0. The van der Waals surface area contributed by atoms with Crippen LogP contribution in [0, 0.1) is 12.7 Å². The van der Waals surface area contributed by atoms with Gasteiger partial charge in [-0.05, 0) is 25.1 Å². The van der Waals surface area contributed by atoms with Gasteiger partial charge >= 0.3 is 0 Å². The van der Waals surface area contributed by atoms with Crippen molar-refractivity contribution in [1.82, 2.24) is 14.8 Å². The molecule has 0 aliphatic heterocycles. The molecule has 27 heavy (non-hydrogen) atoms. The summed E-state index contributed by atoms with van der Waals surface area (Å²) in [5.74, 6) is 0.319. The van der Waals surface area contributed by atoms with Gasteiger partial charge in [0.15, 0.2) is 5.52 Å². The monoisotopic (exact) mass is 381 g/mol. The van der Waals surface area contributed by atoms with Crippen molar-refractivity contribution in [3.63, 3.8) is 0 Å². The fraction of sp³-hybridized carbons (Fsp3) is 0.150. The molecule has 2 aromatic carbocycles. The Hall–Kier alpha value is -3.06. The molecule has 136 valence electrons. The molecule has 0 radical (unpaired) electrons. The van der Waals surface area contributed by atoms with Crippen LogP contribution in [0.1, 0.15) is 10.6 Å². The quantitative estimate of drug-likeness (QED) is 0.536. The fourth-order valence-electron chi connectivity index (χ4n) is 2.92. The lowest BCUT2D eigenvalue weighted by molar-refractivity contribution is 0.415. The van der Waals surface area contributed by atoms with Crippen LogP contribution in [-0.2, 0) is 6.54 Å². The van der Waals surface area contributed by atoms with Gasteiger partial charge in [-0.2, -0.15) is 5.10 Å². The number of ether oxygens (including phenoxy) is 1. The van der Waals surface area contributed by atoms with Crippen LogP contribution < -0.4 is 10.3 Å². The Bertz CT molecular complexity index is 1200. The van der Waals surface area contributed by atoms with E-state index >= 15 is 0 Å². The van der Waals surface area contributed by atoms with Crippen LogP contribution in [0.15, 0.2) is 53.3 Å². The maximum atomic E-state index is 14.1. The van der Waals surface area contributed by atoms with Crippen LogP contribution >= 0.6 is 11.3 Å². The summed E-state index contributed by atoms with van der Waals surface area (Å²) < 4.78 is 21.4. The Labute approximate surface area is 158 Å². The largest absolute Gasteiger partial charge is 0.497 e. The molecule has 0 aliphatic carbocycles. The van der Waals surface area contributed by atoms with Crippen molar-refractivity contribution in [1.29, 1.82) is 0 Å². The molecule has 0 amide bonds. The maximum absolute atomic E-state index is 14.1. The summed E-state index contributed by atoms with van der Waals surface area (Å²) in [5, 5.41) is 5.32. The zero-order valence-corrected chi connectivity index (χ0v) is 15.6. The first-order chi connectivity index (χ1) is 13.1. The van der Waals surface area contributed by atoms with Crippen LogP contribution in [0.25, 0.3) is 21.5 Å². The summed E-state index contributed by atoms with van der Waals surface area (Å²) in [6.45, 7) is 1.88. The van der Waals surface area contributed by atoms with Crippen LogP contribution in [0.2, 0.25) is 0 Å². The van der Waals surface area contributed by atoms with Crippen molar-refractivity contribution in [3.05, 3.63) is 75.3 Å². The highest BCUT2D eigenvalue weighted by Crippen LogP contribution is 2.31. The molecule has 0 bridgehead atoms. The normalized spacial score (nSPS) is 11.1. The summed E-state index contributed by atoms with van der Waals surface area (Å²) in [6, 6.07) is 13.8. The second kappa shape index (κ2) is 6.92. The third kappa shape index (κ3) is 3.21. The van der Waals surface area contributed by atoms with Gasteiger partial charge in [-0.15, -0.1) is 11.3 Å². The zero-order chi connectivity index (χ0) is 19.0. The van der Waals surface area contributed by atoms with E-state index in [1.807, 2.05) is 31.2 Å². The van der Waals surface area contributed by atoms with Crippen LogP contribution in [-0.4, -0.2) is 21.9 Å². The minimum atomic E-state index is -0.372. The molecule has 0 N–H and O–H groups in total. The van der Waals surface area contributed by atoms with E-state index < -0.39 is 0 Å². The van der Waals surface area contributed by atoms with Crippen molar-refractivity contribution in [2.45, 2.75) is 13.5 Å². The van der Waals surface area contributed by atoms with Gasteiger partial charge in [-0.1, -0.05) is 30.3 Å². The first-order valence-electron chi connectivity index (χ1n) is 8.33. The molecule has 5 nitrogen and oxygen atoms in total. The van der Waals surface area contributed by atoms with Gasteiger partial charge in [0.25, 0.3) is 5.56 Å². The second-order valence-corrected chi connectivity index (χ2v) is 7.25. The highest BCUT2D eigenvalue weighted by molar-refractivity contribution is 7.19. The Morgan fingerprint density at radius 2 is 2.00 bits per heavy atom. The van der Waals surface area contributed by atoms with Crippen molar-refractivity contribution in [2.75, 3.05) is 7.11 Å². The lowest BCUT2D eigenvalue weighted by Crippen LogP contribution is -2.24. The van der Waals surface area contributed by atoms with E-state index in [4.69, 9.17) is 4.74 Å². The fourth-order valence-corrected chi connectivity index (χ4v) is 3.84. The van der Waals surface area contributed by atoms with Crippen LogP contribution in [0.5, 0.6) is 5.75 Å². The number of halogens is 1. The Morgan fingerprint density at radius 1 is 1.19 bits per heavy atom. The second-order valence-electron chi connectivity index (χ2n) is 6.05. The molecule has 0 saturated heterocycles. The lowest BCUT2D eigenvalue weighted by atomic mass is 10.1. The number of aromatic nitrogens is 3. The number of nitrogens with zero attached hydrogens (tertiary/aromatic N) is 3. The molecule has 2 aromatic heterocycles. The van der Waals surface area contributed by atoms with E-state index in [1.165, 1.54) is 22.1 Å². The van der Waals surface area contributed by atoms with Gasteiger partial charge in [0.2, 0.25) is 0 Å². The number of methoxy groups -OCH3 is 1. The molecular formula is C20H16FN3O2S. The van der Waals surface area contributed by atoms with Gasteiger partial charge in [-0.3, -0.25) is 4.79 Å². The number of rotatable bonds is 4. The number of hydrogen-bond acceptors (Lipinski definition) is 5. The van der Waals surface area contributed by atoms with E-state index in [9.17, 15) is 9.18 Å². The highest BCUT2D eigenvalue weighted by Gasteiger charge is 2.17. The molecule has 7 heteroatoms. The van der Waals surface area contributed by atoms with Gasteiger partial charge in [-0.25, -0.2) is 14.1 Å². The van der Waals surface area contributed by atoms with Gasteiger partial charge in [0.1, 0.15) is 17.3 Å². The number of benzene rings is 2. The minimum absolute atomic E-state index is 0.0367.